The number of fused-ring (bicyclic) bond motifs is 1. The molecule has 1 aliphatic heterocycles. The summed E-state index contributed by atoms with van der Waals surface area (Å²) in [7, 11) is 0. The van der Waals surface area contributed by atoms with Crippen LogP contribution in [0.1, 0.15) is 13.3 Å². The molecule has 1 saturated heterocycles. The molecule has 0 bridgehead atoms. The first kappa shape index (κ1) is 12.0. The van der Waals surface area contributed by atoms with Gasteiger partial charge >= 0.3 is 0 Å². The Morgan fingerprint density at radius 2 is 2.28 bits per heavy atom. The minimum absolute atomic E-state index is 0.131. The van der Waals surface area contributed by atoms with Crippen LogP contribution in [0.2, 0.25) is 0 Å². The predicted molar refractivity (Wildman–Crippen MR) is 73.8 cm³/mol. The minimum Gasteiger partial charge on any atom is -0.389 e. The van der Waals surface area contributed by atoms with Crippen LogP contribution in [-0.2, 0) is 0 Å². The number of aliphatic hydroxyl groups is 1. The summed E-state index contributed by atoms with van der Waals surface area (Å²) >= 11 is 1.62. The summed E-state index contributed by atoms with van der Waals surface area (Å²) in [5.74, 6) is 0. The van der Waals surface area contributed by atoms with Crippen molar-refractivity contribution in [2.24, 2.45) is 0 Å². The van der Waals surface area contributed by atoms with E-state index in [4.69, 9.17) is 0 Å². The largest absolute Gasteiger partial charge is 0.389 e. The number of thioether (sulfide) groups is 1. The standard InChI is InChI=1S/C13H17N3OS/c1-13(17)6-7-14-8-11(13)18-12-15-9-4-2-3-5-10(9)16-12/h2-5,11,14,17H,6-8H2,1H3,(H,15,16). The van der Waals surface area contributed by atoms with Gasteiger partial charge in [-0.2, -0.15) is 0 Å². The van der Waals surface area contributed by atoms with E-state index in [2.05, 4.69) is 15.3 Å². The van der Waals surface area contributed by atoms with Gasteiger partial charge in [-0.3, -0.25) is 0 Å². The van der Waals surface area contributed by atoms with E-state index >= 15 is 0 Å². The molecule has 1 aromatic heterocycles. The van der Waals surface area contributed by atoms with E-state index in [9.17, 15) is 5.11 Å². The van der Waals surface area contributed by atoms with Crippen LogP contribution in [0, 0.1) is 0 Å². The second-order valence-electron chi connectivity index (χ2n) is 4.98. The van der Waals surface area contributed by atoms with Gasteiger partial charge in [0, 0.05) is 6.54 Å². The summed E-state index contributed by atoms with van der Waals surface area (Å²) in [4.78, 5) is 7.83. The number of aromatic nitrogens is 2. The Labute approximate surface area is 110 Å². The molecule has 4 nitrogen and oxygen atoms in total. The van der Waals surface area contributed by atoms with Gasteiger partial charge in [0.1, 0.15) is 0 Å². The van der Waals surface area contributed by atoms with E-state index in [1.54, 1.807) is 11.8 Å². The normalized spacial score (nSPS) is 28.7. The van der Waals surface area contributed by atoms with Crippen molar-refractivity contribution < 1.29 is 5.11 Å². The molecule has 1 aliphatic rings. The molecule has 2 unspecified atom stereocenters. The number of nitrogens with one attached hydrogen (secondary N) is 2. The topological polar surface area (TPSA) is 60.9 Å². The van der Waals surface area contributed by atoms with E-state index in [0.717, 1.165) is 35.7 Å². The fraction of sp³-hybridized carbons (Fsp3) is 0.462. The number of piperidine rings is 1. The summed E-state index contributed by atoms with van der Waals surface area (Å²) in [5, 5.41) is 14.7. The maximum atomic E-state index is 10.4. The first-order valence-corrected chi connectivity index (χ1v) is 7.08. The highest BCUT2D eigenvalue weighted by Crippen LogP contribution is 2.33. The number of hydrogen-bond donors (Lipinski definition) is 3. The van der Waals surface area contributed by atoms with Gasteiger partial charge in [-0.25, -0.2) is 4.98 Å². The lowest BCUT2D eigenvalue weighted by Crippen LogP contribution is -2.50. The number of aromatic amines is 1. The number of benzene rings is 1. The maximum absolute atomic E-state index is 10.4. The Morgan fingerprint density at radius 3 is 3.06 bits per heavy atom. The minimum atomic E-state index is -0.630. The first-order valence-electron chi connectivity index (χ1n) is 6.20. The van der Waals surface area contributed by atoms with Crippen molar-refractivity contribution in [1.29, 1.82) is 0 Å². The fourth-order valence-corrected chi connectivity index (χ4v) is 3.41. The zero-order valence-electron chi connectivity index (χ0n) is 10.3. The molecule has 0 spiro atoms. The van der Waals surface area contributed by atoms with Crippen molar-refractivity contribution in [3.8, 4) is 0 Å². The molecule has 96 valence electrons. The summed E-state index contributed by atoms with van der Waals surface area (Å²) in [6.07, 6.45) is 0.783. The number of rotatable bonds is 2. The third-order valence-corrected chi connectivity index (χ3v) is 4.83. The highest BCUT2D eigenvalue weighted by atomic mass is 32.2. The molecule has 2 atom stereocenters. The van der Waals surface area contributed by atoms with Gasteiger partial charge in [0.25, 0.3) is 0 Å². The van der Waals surface area contributed by atoms with E-state index < -0.39 is 5.60 Å². The number of H-pyrrole nitrogens is 1. The van der Waals surface area contributed by atoms with Crippen LogP contribution in [0.15, 0.2) is 29.4 Å². The molecule has 0 aliphatic carbocycles. The molecule has 1 fully saturated rings. The summed E-state index contributed by atoms with van der Waals surface area (Å²) in [6, 6.07) is 7.99. The van der Waals surface area contributed by atoms with Crippen molar-refractivity contribution >= 4 is 22.8 Å². The lowest BCUT2D eigenvalue weighted by molar-refractivity contribution is 0.0355. The molecule has 3 rings (SSSR count). The molecular formula is C13H17N3OS. The van der Waals surface area contributed by atoms with Crippen molar-refractivity contribution in [3.05, 3.63) is 24.3 Å². The van der Waals surface area contributed by atoms with Gasteiger partial charge in [-0.1, -0.05) is 23.9 Å². The van der Waals surface area contributed by atoms with Crippen molar-refractivity contribution in [1.82, 2.24) is 15.3 Å². The molecule has 1 aromatic carbocycles. The SMILES string of the molecule is CC1(O)CCNCC1Sc1nc2ccccc2[nH]1. The van der Waals surface area contributed by atoms with Crippen LogP contribution in [0.3, 0.4) is 0 Å². The Bertz CT molecular complexity index is 519. The van der Waals surface area contributed by atoms with Crippen molar-refractivity contribution in [2.45, 2.75) is 29.4 Å². The van der Waals surface area contributed by atoms with Crippen LogP contribution in [0.25, 0.3) is 11.0 Å². The Balaban J connectivity index is 1.83. The second kappa shape index (κ2) is 4.57. The zero-order chi connectivity index (χ0) is 12.6. The molecule has 5 heteroatoms. The molecule has 2 aromatic rings. The molecular weight excluding hydrogens is 246 g/mol. The monoisotopic (exact) mass is 263 g/mol. The first-order chi connectivity index (χ1) is 8.65. The maximum Gasteiger partial charge on any atom is 0.166 e. The third kappa shape index (κ3) is 2.25. The molecule has 3 N–H and O–H groups in total. The molecule has 18 heavy (non-hydrogen) atoms. The molecule has 0 radical (unpaired) electrons. The van der Waals surface area contributed by atoms with E-state index in [-0.39, 0.29) is 5.25 Å². The van der Waals surface area contributed by atoms with Gasteiger partial charge in [0.2, 0.25) is 0 Å². The fourth-order valence-electron chi connectivity index (χ4n) is 2.24. The van der Waals surface area contributed by atoms with Crippen LogP contribution in [0.4, 0.5) is 0 Å². The molecule has 0 saturated carbocycles. The number of imidazole rings is 1. The van der Waals surface area contributed by atoms with Gasteiger partial charge in [0.15, 0.2) is 5.16 Å². The average Bonchev–Trinajstić information content (AvgIpc) is 2.74. The molecule has 0 amide bonds. The van der Waals surface area contributed by atoms with Crippen molar-refractivity contribution in [3.63, 3.8) is 0 Å². The lowest BCUT2D eigenvalue weighted by atomic mass is 9.94. The number of nitrogens with zero attached hydrogens (tertiary/aromatic N) is 1. The summed E-state index contributed by atoms with van der Waals surface area (Å²) in [5.41, 5.74) is 1.39. The van der Waals surface area contributed by atoms with Crippen molar-refractivity contribution in [2.75, 3.05) is 13.1 Å². The third-order valence-electron chi connectivity index (χ3n) is 3.45. The van der Waals surface area contributed by atoms with Gasteiger partial charge in [-0.15, -0.1) is 0 Å². The highest BCUT2D eigenvalue weighted by molar-refractivity contribution is 7.99. The molecule has 2 heterocycles. The lowest BCUT2D eigenvalue weighted by Gasteiger charge is -2.36. The smallest absolute Gasteiger partial charge is 0.166 e. The average molecular weight is 263 g/mol. The van der Waals surface area contributed by atoms with E-state index in [0.29, 0.717) is 0 Å². The summed E-state index contributed by atoms with van der Waals surface area (Å²) in [6.45, 7) is 3.60. The zero-order valence-corrected chi connectivity index (χ0v) is 11.1. The van der Waals surface area contributed by atoms with Crippen LogP contribution >= 0.6 is 11.8 Å². The van der Waals surface area contributed by atoms with Gasteiger partial charge in [-0.05, 0) is 32.0 Å². The highest BCUT2D eigenvalue weighted by Gasteiger charge is 2.35. The van der Waals surface area contributed by atoms with E-state index in [1.807, 2.05) is 31.2 Å². The van der Waals surface area contributed by atoms with Gasteiger partial charge in [0.05, 0.1) is 21.9 Å². The number of hydrogen-bond acceptors (Lipinski definition) is 4. The quantitative estimate of drug-likeness (QED) is 0.773. The Morgan fingerprint density at radius 1 is 1.44 bits per heavy atom. The summed E-state index contributed by atoms with van der Waals surface area (Å²) < 4.78 is 0. The van der Waals surface area contributed by atoms with Gasteiger partial charge < -0.3 is 15.4 Å². The van der Waals surface area contributed by atoms with Crippen LogP contribution in [-0.4, -0.2) is 39.0 Å². The Kier molecular flexibility index (Phi) is 3.05. The predicted octanol–water partition coefficient (Wildman–Crippen LogP) is 1.77. The second-order valence-corrected chi connectivity index (χ2v) is 6.17. The van der Waals surface area contributed by atoms with Crippen LogP contribution < -0.4 is 5.32 Å². The van der Waals surface area contributed by atoms with Crippen LogP contribution in [0.5, 0.6) is 0 Å². The van der Waals surface area contributed by atoms with E-state index in [1.165, 1.54) is 0 Å². The Hall–Kier alpha value is -1.04. The number of para-hydroxylation sites is 2.